The van der Waals surface area contributed by atoms with Crippen LogP contribution in [-0.2, 0) is 9.53 Å². The summed E-state index contributed by atoms with van der Waals surface area (Å²) in [6.07, 6.45) is 1.91. The molecule has 0 saturated heterocycles. The molecule has 3 heteroatoms. The monoisotopic (exact) mass is 262 g/mol. The van der Waals surface area contributed by atoms with Gasteiger partial charge in [0.1, 0.15) is 6.10 Å². The third kappa shape index (κ3) is 2.65. The summed E-state index contributed by atoms with van der Waals surface area (Å²) in [7, 11) is 0. The molecule has 1 unspecified atom stereocenters. The smallest absolute Gasteiger partial charge is 0.310 e. The summed E-state index contributed by atoms with van der Waals surface area (Å²) in [5.74, 6) is -0.206. The molecule has 94 valence electrons. The zero-order chi connectivity index (χ0) is 13.1. The van der Waals surface area contributed by atoms with Crippen molar-refractivity contribution in [3.05, 3.63) is 53.1 Å². The number of hydrogen-bond donors (Lipinski definition) is 0. The summed E-state index contributed by atoms with van der Waals surface area (Å²) >= 11 is 6.36. The molecule has 0 amide bonds. The fraction of sp³-hybridized carbons (Fsp3) is 0.267. The number of esters is 1. The molecule has 1 aromatic carbocycles. The van der Waals surface area contributed by atoms with Gasteiger partial charge in [0, 0.05) is 0 Å². The van der Waals surface area contributed by atoms with Crippen LogP contribution in [0, 0.1) is 0 Å². The van der Waals surface area contributed by atoms with Gasteiger partial charge < -0.3 is 4.74 Å². The summed E-state index contributed by atoms with van der Waals surface area (Å²) in [6, 6.07) is 9.68. The Morgan fingerprint density at radius 3 is 2.67 bits per heavy atom. The van der Waals surface area contributed by atoms with Gasteiger partial charge in [-0.2, -0.15) is 0 Å². The van der Waals surface area contributed by atoms with Crippen molar-refractivity contribution in [3.63, 3.8) is 0 Å². The molecule has 0 spiro atoms. The summed E-state index contributed by atoms with van der Waals surface area (Å²) in [5, 5.41) is 0.642. The Bertz CT molecular complexity index is 515. The van der Waals surface area contributed by atoms with Crippen LogP contribution in [0.3, 0.4) is 0 Å². The molecule has 1 aliphatic rings. The van der Waals surface area contributed by atoms with Crippen molar-refractivity contribution in [2.45, 2.75) is 26.4 Å². The number of rotatable bonds is 2. The minimum Gasteiger partial charge on any atom is -0.453 e. The quantitative estimate of drug-likeness (QED) is 0.596. The van der Waals surface area contributed by atoms with Gasteiger partial charge in [-0.05, 0) is 30.6 Å². The third-order valence-corrected chi connectivity index (χ3v) is 3.54. The minimum atomic E-state index is -0.334. The fourth-order valence-electron chi connectivity index (χ4n) is 1.98. The highest BCUT2D eigenvalue weighted by atomic mass is 35.5. The summed E-state index contributed by atoms with van der Waals surface area (Å²) in [6.45, 7) is 3.85. The second-order valence-corrected chi connectivity index (χ2v) is 4.76. The van der Waals surface area contributed by atoms with Gasteiger partial charge in [-0.15, -0.1) is 0 Å². The standard InChI is InChI=1S/C15H15ClO2/c1-10-8-9-13(17)18-15(10)11(2)14(16)12-6-4-3-5-7-12/h3-8,15H,9H2,1-2H3/b14-11+. The Morgan fingerprint density at radius 2 is 2.00 bits per heavy atom. The zero-order valence-electron chi connectivity index (χ0n) is 10.4. The van der Waals surface area contributed by atoms with Gasteiger partial charge in [0.15, 0.2) is 0 Å². The van der Waals surface area contributed by atoms with Crippen LogP contribution in [0.1, 0.15) is 25.8 Å². The maximum atomic E-state index is 11.4. The molecular formula is C15H15ClO2. The lowest BCUT2D eigenvalue weighted by Gasteiger charge is -2.24. The number of carbonyl (C=O) groups excluding carboxylic acids is 1. The van der Waals surface area contributed by atoms with Crippen molar-refractivity contribution >= 4 is 22.6 Å². The van der Waals surface area contributed by atoms with E-state index in [0.717, 1.165) is 16.7 Å². The van der Waals surface area contributed by atoms with Crippen LogP contribution < -0.4 is 0 Å². The van der Waals surface area contributed by atoms with E-state index in [2.05, 4.69) is 0 Å². The number of ether oxygens (including phenoxy) is 1. The molecule has 2 nitrogen and oxygen atoms in total. The van der Waals surface area contributed by atoms with E-state index in [0.29, 0.717) is 11.5 Å². The lowest BCUT2D eigenvalue weighted by molar-refractivity contribution is -0.145. The summed E-state index contributed by atoms with van der Waals surface area (Å²) < 4.78 is 5.35. The number of benzene rings is 1. The molecule has 0 N–H and O–H groups in total. The van der Waals surface area contributed by atoms with Gasteiger partial charge in [-0.1, -0.05) is 48.0 Å². The molecule has 0 aromatic heterocycles. The number of halogens is 1. The first kappa shape index (κ1) is 12.9. The minimum absolute atomic E-state index is 0.206. The third-order valence-electron chi connectivity index (χ3n) is 3.02. The highest BCUT2D eigenvalue weighted by molar-refractivity contribution is 6.49. The zero-order valence-corrected chi connectivity index (χ0v) is 11.2. The number of carbonyl (C=O) groups is 1. The van der Waals surface area contributed by atoms with Crippen LogP contribution in [0.4, 0.5) is 0 Å². The molecule has 0 fully saturated rings. The van der Waals surface area contributed by atoms with Crippen molar-refractivity contribution in [2.75, 3.05) is 0 Å². The van der Waals surface area contributed by atoms with Gasteiger partial charge in [-0.3, -0.25) is 4.79 Å². The molecule has 1 aromatic rings. The topological polar surface area (TPSA) is 26.3 Å². The maximum absolute atomic E-state index is 11.4. The molecule has 0 radical (unpaired) electrons. The predicted octanol–water partition coefficient (Wildman–Crippen LogP) is 3.92. The normalized spacial score (nSPS) is 20.9. The number of cyclic esters (lactones) is 1. The van der Waals surface area contributed by atoms with Crippen molar-refractivity contribution < 1.29 is 9.53 Å². The largest absolute Gasteiger partial charge is 0.453 e. The first-order valence-electron chi connectivity index (χ1n) is 5.87. The van der Waals surface area contributed by atoms with E-state index >= 15 is 0 Å². The fourth-order valence-corrected chi connectivity index (χ4v) is 2.21. The molecule has 1 aliphatic heterocycles. The average molecular weight is 263 g/mol. The van der Waals surface area contributed by atoms with E-state index < -0.39 is 0 Å². The first-order valence-corrected chi connectivity index (χ1v) is 6.25. The molecule has 0 aliphatic carbocycles. The second-order valence-electron chi connectivity index (χ2n) is 4.39. The maximum Gasteiger partial charge on any atom is 0.310 e. The highest BCUT2D eigenvalue weighted by Gasteiger charge is 2.24. The SMILES string of the molecule is CC1=CCC(=O)OC1/C(C)=C(/Cl)c1ccccc1. The van der Waals surface area contributed by atoms with Crippen LogP contribution in [-0.4, -0.2) is 12.1 Å². The Hall–Kier alpha value is -1.54. The summed E-state index contributed by atoms with van der Waals surface area (Å²) in [5.41, 5.74) is 2.83. The van der Waals surface area contributed by atoms with E-state index in [-0.39, 0.29) is 12.1 Å². The first-order chi connectivity index (χ1) is 8.59. The molecule has 18 heavy (non-hydrogen) atoms. The van der Waals surface area contributed by atoms with Crippen LogP contribution in [0.15, 0.2) is 47.6 Å². The second kappa shape index (κ2) is 5.40. The van der Waals surface area contributed by atoms with Crippen LogP contribution >= 0.6 is 11.6 Å². The van der Waals surface area contributed by atoms with Crippen molar-refractivity contribution in [1.29, 1.82) is 0 Å². The predicted molar refractivity (Wildman–Crippen MR) is 73.1 cm³/mol. The molecule has 2 rings (SSSR count). The van der Waals surface area contributed by atoms with E-state index in [1.165, 1.54) is 0 Å². The molecule has 1 atom stereocenters. The molecule has 1 heterocycles. The van der Waals surface area contributed by atoms with Gasteiger partial charge in [0.25, 0.3) is 0 Å². The van der Waals surface area contributed by atoms with E-state index in [1.807, 2.05) is 50.3 Å². The lowest BCUT2D eigenvalue weighted by atomic mass is 9.99. The number of hydrogen-bond acceptors (Lipinski definition) is 2. The van der Waals surface area contributed by atoms with Crippen LogP contribution in [0.2, 0.25) is 0 Å². The molecule has 0 saturated carbocycles. The Labute approximate surface area is 112 Å². The van der Waals surface area contributed by atoms with Crippen LogP contribution in [0.5, 0.6) is 0 Å². The molecule has 0 bridgehead atoms. The summed E-state index contributed by atoms with van der Waals surface area (Å²) in [4.78, 5) is 11.4. The Kier molecular flexibility index (Phi) is 3.87. The van der Waals surface area contributed by atoms with Gasteiger partial charge in [0.2, 0.25) is 0 Å². The van der Waals surface area contributed by atoms with Gasteiger partial charge in [0.05, 0.1) is 11.5 Å². The van der Waals surface area contributed by atoms with Gasteiger partial charge >= 0.3 is 5.97 Å². The van der Waals surface area contributed by atoms with Crippen molar-refractivity contribution in [1.82, 2.24) is 0 Å². The van der Waals surface area contributed by atoms with Crippen molar-refractivity contribution in [2.24, 2.45) is 0 Å². The van der Waals surface area contributed by atoms with E-state index in [4.69, 9.17) is 16.3 Å². The van der Waals surface area contributed by atoms with Crippen LogP contribution in [0.25, 0.3) is 5.03 Å². The molecular weight excluding hydrogens is 248 g/mol. The Morgan fingerprint density at radius 1 is 1.33 bits per heavy atom. The lowest BCUT2D eigenvalue weighted by Crippen LogP contribution is -2.24. The average Bonchev–Trinajstić information content (AvgIpc) is 2.41. The van der Waals surface area contributed by atoms with E-state index in [9.17, 15) is 4.79 Å². The van der Waals surface area contributed by atoms with Gasteiger partial charge in [-0.25, -0.2) is 0 Å². The van der Waals surface area contributed by atoms with E-state index in [1.54, 1.807) is 0 Å². The Balaban J connectivity index is 2.35. The highest BCUT2D eigenvalue weighted by Crippen LogP contribution is 2.30. The van der Waals surface area contributed by atoms with Crippen molar-refractivity contribution in [3.8, 4) is 0 Å².